The zero-order valence-corrected chi connectivity index (χ0v) is 14.8. The van der Waals surface area contributed by atoms with Gasteiger partial charge in [0.1, 0.15) is 11.3 Å². The Labute approximate surface area is 152 Å². The van der Waals surface area contributed by atoms with Crippen molar-refractivity contribution in [3.63, 3.8) is 0 Å². The summed E-state index contributed by atoms with van der Waals surface area (Å²) >= 11 is 0. The summed E-state index contributed by atoms with van der Waals surface area (Å²) in [5.74, 6) is 0.133. The molecule has 134 valence electrons. The van der Waals surface area contributed by atoms with Gasteiger partial charge < -0.3 is 19.0 Å². The van der Waals surface area contributed by atoms with E-state index in [2.05, 4.69) is 30.3 Å². The maximum atomic E-state index is 10.2. The van der Waals surface area contributed by atoms with E-state index in [1.165, 1.54) is 0 Å². The van der Waals surface area contributed by atoms with Gasteiger partial charge >= 0.3 is 0 Å². The molecule has 0 amide bonds. The number of aliphatic hydroxyl groups is 1. The number of para-hydroxylation sites is 1. The summed E-state index contributed by atoms with van der Waals surface area (Å²) in [5.41, 5.74) is 4.26. The minimum Gasteiger partial charge on any atom is -0.461 e. The molecule has 0 saturated carbocycles. The first-order valence-corrected chi connectivity index (χ1v) is 9.21. The van der Waals surface area contributed by atoms with E-state index in [4.69, 9.17) is 13.9 Å². The van der Waals surface area contributed by atoms with E-state index in [1.807, 2.05) is 25.1 Å². The van der Waals surface area contributed by atoms with Crippen LogP contribution in [0.25, 0.3) is 11.0 Å². The highest BCUT2D eigenvalue weighted by molar-refractivity contribution is 5.77. The van der Waals surface area contributed by atoms with Gasteiger partial charge in [0.25, 0.3) is 0 Å². The SMILES string of the molecule is CC1CC(O)C[C@@]2(OCc3ccc(Cc4cc5ccccc5o4)cc32)O1. The quantitative estimate of drug-likeness (QED) is 0.750. The summed E-state index contributed by atoms with van der Waals surface area (Å²) in [4.78, 5) is 0. The predicted molar refractivity (Wildman–Crippen MR) is 97.7 cm³/mol. The van der Waals surface area contributed by atoms with Gasteiger partial charge in [-0.1, -0.05) is 30.3 Å². The van der Waals surface area contributed by atoms with E-state index < -0.39 is 11.9 Å². The van der Waals surface area contributed by atoms with Gasteiger partial charge in [-0.25, -0.2) is 0 Å². The van der Waals surface area contributed by atoms with E-state index >= 15 is 0 Å². The van der Waals surface area contributed by atoms with Crippen LogP contribution in [0.4, 0.5) is 0 Å². The molecule has 0 bridgehead atoms. The minimum absolute atomic E-state index is 0.0243. The summed E-state index contributed by atoms with van der Waals surface area (Å²) in [7, 11) is 0. The van der Waals surface area contributed by atoms with Gasteiger partial charge in [0.2, 0.25) is 0 Å². The van der Waals surface area contributed by atoms with Gasteiger partial charge in [0.05, 0.1) is 18.8 Å². The smallest absolute Gasteiger partial charge is 0.198 e. The van der Waals surface area contributed by atoms with Gasteiger partial charge in [0, 0.05) is 23.8 Å². The number of ether oxygens (including phenoxy) is 2. The van der Waals surface area contributed by atoms with Crippen LogP contribution in [0.5, 0.6) is 0 Å². The second-order valence-corrected chi connectivity index (χ2v) is 7.48. The molecule has 3 aromatic rings. The number of fused-ring (bicyclic) bond motifs is 3. The molecule has 3 heterocycles. The number of benzene rings is 2. The molecule has 2 aliphatic heterocycles. The molecule has 0 radical (unpaired) electrons. The summed E-state index contributed by atoms with van der Waals surface area (Å²) < 4.78 is 18.2. The fraction of sp³-hybridized carbons (Fsp3) is 0.364. The van der Waals surface area contributed by atoms with Crippen molar-refractivity contribution in [1.82, 2.24) is 0 Å². The number of hydrogen-bond acceptors (Lipinski definition) is 4. The van der Waals surface area contributed by atoms with Gasteiger partial charge in [0.15, 0.2) is 5.79 Å². The lowest BCUT2D eigenvalue weighted by atomic mass is 9.90. The third kappa shape index (κ3) is 2.65. The van der Waals surface area contributed by atoms with E-state index in [0.29, 0.717) is 19.4 Å². The zero-order chi connectivity index (χ0) is 17.7. The van der Waals surface area contributed by atoms with Crippen LogP contribution < -0.4 is 0 Å². The molecule has 5 rings (SSSR count). The Balaban J connectivity index is 1.48. The molecule has 4 nitrogen and oxygen atoms in total. The van der Waals surface area contributed by atoms with Crippen molar-refractivity contribution in [2.24, 2.45) is 0 Å². The molecule has 2 aromatic carbocycles. The van der Waals surface area contributed by atoms with Crippen LogP contribution >= 0.6 is 0 Å². The lowest BCUT2D eigenvalue weighted by molar-refractivity contribution is -0.295. The van der Waals surface area contributed by atoms with Crippen LogP contribution in [0.3, 0.4) is 0 Å². The Morgan fingerprint density at radius 2 is 2.04 bits per heavy atom. The highest BCUT2D eigenvalue weighted by Crippen LogP contribution is 2.45. The fourth-order valence-electron chi connectivity index (χ4n) is 4.28. The van der Waals surface area contributed by atoms with Crippen LogP contribution in [0, 0.1) is 0 Å². The van der Waals surface area contributed by atoms with Crippen molar-refractivity contribution in [1.29, 1.82) is 0 Å². The maximum Gasteiger partial charge on any atom is 0.198 e. The zero-order valence-electron chi connectivity index (χ0n) is 14.8. The van der Waals surface area contributed by atoms with Crippen LogP contribution in [-0.4, -0.2) is 17.3 Å². The molecule has 0 aliphatic carbocycles. The van der Waals surface area contributed by atoms with Crippen molar-refractivity contribution >= 4 is 11.0 Å². The summed E-state index contributed by atoms with van der Waals surface area (Å²) in [6, 6.07) is 16.5. The van der Waals surface area contributed by atoms with Gasteiger partial charge in [-0.15, -0.1) is 0 Å². The monoisotopic (exact) mass is 350 g/mol. The van der Waals surface area contributed by atoms with Crippen LogP contribution in [0.2, 0.25) is 0 Å². The second kappa shape index (κ2) is 5.95. The maximum absolute atomic E-state index is 10.2. The third-order valence-corrected chi connectivity index (χ3v) is 5.40. The lowest BCUT2D eigenvalue weighted by Gasteiger charge is -2.39. The summed E-state index contributed by atoms with van der Waals surface area (Å²) in [6.07, 6.45) is 1.43. The molecule has 1 saturated heterocycles. The standard InChI is InChI=1S/C22H22O4/c1-14-8-18(23)12-22(26-14)20-10-15(6-7-17(20)13-24-22)9-19-11-16-4-2-3-5-21(16)25-19/h2-7,10-11,14,18,23H,8-9,12-13H2,1H3/t14?,18?,22-/m1/s1. The van der Waals surface area contributed by atoms with Gasteiger partial charge in [-0.05, 0) is 42.7 Å². The summed E-state index contributed by atoms with van der Waals surface area (Å²) in [5, 5.41) is 11.4. The molecule has 3 atom stereocenters. The van der Waals surface area contributed by atoms with Crippen molar-refractivity contribution in [2.45, 2.75) is 50.8 Å². The van der Waals surface area contributed by atoms with Crippen LogP contribution in [-0.2, 0) is 28.3 Å². The highest BCUT2D eigenvalue weighted by atomic mass is 16.7. The average Bonchev–Trinajstić information content (AvgIpc) is 3.15. The first kappa shape index (κ1) is 16.1. The molecule has 26 heavy (non-hydrogen) atoms. The molecule has 1 fully saturated rings. The lowest BCUT2D eigenvalue weighted by Crippen LogP contribution is -2.43. The van der Waals surface area contributed by atoms with E-state index in [0.717, 1.165) is 39.8 Å². The molecule has 2 aliphatic rings. The third-order valence-electron chi connectivity index (χ3n) is 5.40. The van der Waals surface area contributed by atoms with E-state index in [1.54, 1.807) is 0 Å². The van der Waals surface area contributed by atoms with Crippen molar-refractivity contribution < 1.29 is 19.0 Å². The van der Waals surface area contributed by atoms with Crippen molar-refractivity contribution in [3.8, 4) is 0 Å². The Morgan fingerprint density at radius 1 is 1.15 bits per heavy atom. The molecular weight excluding hydrogens is 328 g/mol. The first-order chi connectivity index (χ1) is 12.6. The Hall–Kier alpha value is -2.14. The summed E-state index contributed by atoms with van der Waals surface area (Å²) in [6.45, 7) is 2.52. The number of furan rings is 1. The first-order valence-electron chi connectivity index (χ1n) is 9.21. The second-order valence-electron chi connectivity index (χ2n) is 7.48. The Morgan fingerprint density at radius 3 is 2.88 bits per heavy atom. The Bertz CT molecular complexity index is 915. The van der Waals surface area contributed by atoms with Crippen LogP contribution in [0.15, 0.2) is 52.9 Å². The number of hydrogen-bond donors (Lipinski definition) is 1. The van der Waals surface area contributed by atoms with E-state index in [-0.39, 0.29) is 6.10 Å². The largest absolute Gasteiger partial charge is 0.461 e. The molecule has 2 unspecified atom stereocenters. The van der Waals surface area contributed by atoms with Crippen molar-refractivity contribution in [3.05, 3.63) is 71.0 Å². The number of aliphatic hydroxyl groups excluding tert-OH is 1. The molecule has 1 aromatic heterocycles. The molecule has 4 heteroatoms. The highest BCUT2D eigenvalue weighted by Gasteiger charge is 2.47. The van der Waals surface area contributed by atoms with Gasteiger partial charge in [-0.2, -0.15) is 0 Å². The van der Waals surface area contributed by atoms with Crippen LogP contribution in [0.1, 0.15) is 42.2 Å². The van der Waals surface area contributed by atoms with E-state index in [9.17, 15) is 5.11 Å². The minimum atomic E-state index is -0.809. The van der Waals surface area contributed by atoms with Crippen molar-refractivity contribution in [2.75, 3.05) is 0 Å². The molecule has 1 N–H and O–H groups in total. The predicted octanol–water partition coefficient (Wildman–Crippen LogP) is 4.27. The number of rotatable bonds is 2. The topological polar surface area (TPSA) is 51.8 Å². The average molecular weight is 350 g/mol. The Kier molecular flexibility index (Phi) is 3.67. The molecule has 1 spiro atoms. The molecular formula is C22H22O4. The van der Waals surface area contributed by atoms with Gasteiger partial charge in [-0.3, -0.25) is 0 Å². The fourth-order valence-corrected chi connectivity index (χ4v) is 4.28. The normalized spacial score (nSPS) is 27.9.